The lowest BCUT2D eigenvalue weighted by Gasteiger charge is -2.15. The first kappa shape index (κ1) is 42.6. The van der Waals surface area contributed by atoms with E-state index in [1.54, 1.807) is 48.5 Å². The number of nitrogens with zero attached hydrogens (tertiary/aromatic N) is 3. The Hall–Kier alpha value is -5.51. The van der Waals surface area contributed by atoms with Crippen molar-refractivity contribution in [2.24, 2.45) is 0 Å². The second kappa shape index (κ2) is 17.6. The van der Waals surface area contributed by atoms with Gasteiger partial charge in [0.15, 0.2) is 10.1 Å². The average molecular weight is 867 g/mol. The first-order valence-electron chi connectivity index (χ1n) is 19.4. The molecule has 4 heterocycles. The van der Waals surface area contributed by atoms with Crippen molar-refractivity contribution in [3.05, 3.63) is 121 Å². The van der Waals surface area contributed by atoms with Crippen molar-refractivity contribution in [2.75, 3.05) is 32.7 Å². The maximum Gasteiger partial charge on any atom is 0.224 e. The van der Waals surface area contributed by atoms with Crippen molar-refractivity contribution in [1.29, 1.82) is 0 Å². The third kappa shape index (κ3) is 8.17. The number of sulfone groups is 2. The van der Waals surface area contributed by atoms with Gasteiger partial charge in [-0.15, -0.1) is 12.4 Å². The molecule has 8 aromatic rings. The minimum Gasteiger partial charge on any atom is -0.489 e. The molecule has 2 aliphatic heterocycles. The number of likely N-dealkylation sites (tertiary alicyclic amines) is 1. The molecule has 312 valence electrons. The van der Waals surface area contributed by atoms with E-state index >= 15 is 0 Å². The Morgan fingerprint density at radius 1 is 0.633 bits per heavy atom. The predicted octanol–water partition coefficient (Wildman–Crippen LogP) is 8.37. The van der Waals surface area contributed by atoms with Gasteiger partial charge in [0.1, 0.15) is 23.7 Å². The number of aromatic amines is 2. The number of benzene rings is 6. The molecule has 2 fully saturated rings. The molecule has 0 amide bonds. The Kier molecular flexibility index (Phi) is 12.5. The second-order valence-electron chi connectivity index (χ2n) is 14.6. The lowest BCUT2D eigenvalue weighted by molar-refractivity contribution is 0.203. The van der Waals surface area contributed by atoms with Crippen LogP contribution in [0.25, 0.3) is 43.4 Å². The average Bonchev–Trinajstić information content (AvgIpc) is 4.08. The van der Waals surface area contributed by atoms with Crippen LogP contribution in [0.1, 0.15) is 27.2 Å². The molecule has 15 heteroatoms. The van der Waals surface area contributed by atoms with Gasteiger partial charge in [0, 0.05) is 41.2 Å². The molecule has 0 aliphatic carbocycles. The zero-order valence-corrected chi connectivity index (χ0v) is 34.6. The van der Waals surface area contributed by atoms with E-state index in [4.69, 9.17) is 9.47 Å². The van der Waals surface area contributed by atoms with Gasteiger partial charge in [-0.25, -0.2) is 16.8 Å². The van der Waals surface area contributed by atoms with Crippen molar-refractivity contribution in [1.82, 2.24) is 30.6 Å². The molecular weight excluding hydrogens is 820 g/mol. The molecule has 0 radical (unpaired) electrons. The second-order valence-corrected chi connectivity index (χ2v) is 18.3. The van der Waals surface area contributed by atoms with Gasteiger partial charge in [-0.3, -0.25) is 15.1 Å². The zero-order valence-electron chi connectivity index (χ0n) is 32.2. The van der Waals surface area contributed by atoms with Crippen molar-refractivity contribution >= 4 is 75.4 Å². The zero-order chi connectivity index (χ0) is 39.9. The number of nitrogens with one attached hydrogen (secondary N) is 3. The molecule has 6 aromatic carbocycles. The number of rotatable bonds is 9. The van der Waals surface area contributed by atoms with Crippen molar-refractivity contribution in [2.45, 2.75) is 59.2 Å². The minimum absolute atomic E-state index is 0. The Labute approximate surface area is 355 Å². The van der Waals surface area contributed by atoms with E-state index in [0.717, 1.165) is 56.3 Å². The molecule has 2 unspecified atom stereocenters. The largest absolute Gasteiger partial charge is 0.489 e. The smallest absolute Gasteiger partial charge is 0.224 e. The lowest BCUT2D eigenvalue weighted by atomic mass is 10.1. The molecule has 60 heavy (non-hydrogen) atoms. The van der Waals surface area contributed by atoms with E-state index in [9.17, 15) is 16.8 Å². The molecule has 3 N–H and O–H groups in total. The van der Waals surface area contributed by atoms with Gasteiger partial charge in [-0.2, -0.15) is 10.2 Å². The van der Waals surface area contributed by atoms with Gasteiger partial charge in [0.05, 0.1) is 20.8 Å². The van der Waals surface area contributed by atoms with E-state index in [-0.39, 0.29) is 51.9 Å². The van der Waals surface area contributed by atoms with Crippen LogP contribution in [0, 0.1) is 0 Å². The molecule has 2 aromatic heterocycles. The van der Waals surface area contributed by atoms with E-state index in [1.807, 2.05) is 72.8 Å². The molecule has 2 aliphatic rings. The van der Waals surface area contributed by atoms with Crippen LogP contribution in [-0.2, 0) is 19.7 Å². The van der Waals surface area contributed by atoms with E-state index in [2.05, 4.69) is 37.5 Å². The molecule has 0 bridgehead atoms. The number of likely N-dealkylation sites (N-methyl/N-ethyl adjacent to an activating group) is 1. The van der Waals surface area contributed by atoms with E-state index in [0.29, 0.717) is 44.1 Å². The minimum atomic E-state index is -3.79. The van der Waals surface area contributed by atoms with Crippen LogP contribution in [0.5, 0.6) is 11.5 Å². The van der Waals surface area contributed by atoms with Gasteiger partial charge in [-0.1, -0.05) is 87.1 Å². The summed E-state index contributed by atoms with van der Waals surface area (Å²) in [6.45, 7) is 6.79. The molecule has 0 saturated carbocycles. The summed E-state index contributed by atoms with van der Waals surface area (Å²) in [6.07, 6.45) is 2.12. The van der Waals surface area contributed by atoms with Crippen LogP contribution in [0.4, 0.5) is 0 Å². The number of hydrogen-bond acceptors (Lipinski definition) is 10. The van der Waals surface area contributed by atoms with Gasteiger partial charge in [0.25, 0.3) is 0 Å². The highest BCUT2D eigenvalue weighted by molar-refractivity contribution is 7.92. The molecule has 12 nitrogen and oxygen atoms in total. The first-order valence-corrected chi connectivity index (χ1v) is 22.3. The Morgan fingerprint density at radius 3 is 1.62 bits per heavy atom. The van der Waals surface area contributed by atoms with Gasteiger partial charge >= 0.3 is 0 Å². The molecule has 10 rings (SSSR count). The highest BCUT2D eigenvalue weighted by Crippen LogP contribution is 2.35. The summed E-state index contributed by atoms with van der Waals surface area (Å²) < 4.78 is 66.1. The number of aromatic nitrogens is 4. The fourth-order valence-corrected chi connectivity index (χ4v) is 11.0. The molecule has 0 spiro atoms. The monoisotopic (exact) mass is 866 g/mol. The van der Waals surface area contributed by atoms with Crippen LogP contribution in [0.3, 0.4) is 0 Å². The van der Waals surface area contributed by atoms with Crippen LogP contribution < -0.4 is 14.8 Å². The van der Waals surface area contributed by atoms with Gasteiger partial charge < -0.3 is 14.8 Å². The number of hydrogen-bond donors (Lipinski definition) is 3. The number of ether oxygens (including phenoxy) is 2. The Bertz CT molecular complexity index is 3010. The third-order valence-corrected chi connectivity index (χ3v) is 14.5. The fourth-order valence-electron chi connectivity index (χ4n) is 7.86. The fraction of sp³-hybridized carbons (Fsp3) is 0.244. The quantitative estimate of drug-likeness (QED) is 0.129. The Balaban J connectivity index is 0.000000176. The normalized spacial score (nSPS) is 16.9. The molecule has 2 saturated heterocycles. The van der Waals surface area contributed by atoms with E-state index < -0.39 is 19.7 Å². The highest BCUT2D eigenvalue weighted by Gasteiger charge is 2.28. The van der Waals surface area contributed by atoms with Crippen LogP contribution in [-0.4, -0.2) is 87.1 Å². The topological polar surface area (TPSA) is 159 Å². The highest BCUT2D eigenvalue weighted by atomic mass is 35.5. The summed E-state index contributed by atoms with van der Waals surface area (Å²) in [4.78, 5) is 2.88. The maximum atomic E-state index is 13.5. The third-order valence-electron chi connectivity index (χ3n) is 10.9. The van der Waals surface area contributed by atoms with E-state index in [1.165, 1.54) is 0 Å². The summed E-state index contributed by atoms with van der Waals surface area (Å²) in [5.74, 6) is 1.32. The van der Waals surface area contributed by atoms with Crippen LogP contribution in [0.15, 0.2) is 141 Å². The van der Waals surface area contributed by atoms with Gasteiger partial charge in [-0.05, 0) is 85.2 Å². The summed E-state index contributed by atoms with van der Waals surface area (Å²) >= 11 is 0. The van der Waals surface area contributed by atoms with Crippen molar-refractivity contribution < 1.29 is 26.3 Å². The Morgan fingerprint density at radius 2 is 1.13 bits per heavy atom. The summed E-state index contributed by atoms with van der Waals surface area (Å²) in [6, 6.07) is 36.4. The molecule has 2 atom stereocenters. The number of fused-ring (bicyclic) bond motifs is 4. The first-order chi connectivity index (χ1) is 28.2. The lowest BCUT2D eigenvalue weighted by Crippen LogP contribution is -2.24. The maximum absolute atomic E-state index is 13.5. The summed E-state index contributed by atoms with van der Waals surface area (Å²) in [5.41, 5.74) is 1.19. The summed E-state index contributed by atoms with van der Waals surface area (Å²) in [7, 11) is -7.57. The predicted molar refractivity (Wildman–Crippen MR) is 238 cm³/mol. The number of H-pyrrole nitrogens is 2. The molecular formula is C45H47ClN6O6S2. The summed E-state index contributed by atoms with van der Waals surface area (Å²) in [5, 5.41) is 21.6. The van der Waals surface area contributed by atoms with Crippen molar-refractivity contribution in [3.63, 3.8) is 0 Å². The number of halogens is 1. The van der Waals surface area contributed by atoms with Gasteiger partial charge in [0.2, 0.25) is 19.7 Å². The SMILES string of the molecule is C.CCN1CCC(Oc2ccc3n[nH]c(S(=O)(=O)c4cccc5ccccc45)c3c2)C1.Cl.O=S(=O)(c1cccc2ccccc12)c1[nH]nc2ccc(OC3CCNC3)cc12. The van der Waals surface area contributed by atoms with Crippen LogP contribution >= 0.6 is 12.4 Å². The van der Waals surface area contributed by atoms with Crippen LogP contribution in [0.2, 0.25) is 0 Å². The standard InChI is InChI=1S/C23H23N3O3S.C21H19N3O3S.CH4.ClH/c1-2-26-13-12-18(15-26)29-17-10-11-21-20(14-17)23(25-24-21)30(27,28)22-9-5-7-16-6-3-4-8-19(16)22;25-28(26,20-7-3-5-14-4-1-2-6-17(14)20)21-18-12-15(8-9-19(18)23-24-21)27-16-10-11-22-13-16;;/h3-11,14,18H,2,12-13,15H2,1H3,(H,24,25);1-9,12,16,22H,10-11,13H2,(H,23,24);1H4;1H. The van der Waals surface area contributed by atoms with Crippen molar-refractivity contribution in [3.8, 4) is 11.5 Å².